The van der Waals surface area contributed by atoms with Gasteiger partial charge in [0.15, 0.2) is 0 Å². The molecule has 0 bridgehead atoms. The zero-order valence-corrected chi connectivity index (χ0v) is 10.3. The summed E-state index contributed by atoms with van der Waals surface area (Å²) in [5.41, 5.74) is 11.8. The Morgan fingerprint density at radius 1 is 1.29 bits per heavy atom. The topological polar surface area (TPSA) is 30.9 Å². The quantitative estimate of drug-likeness (QED) is 0.796. The smallest absolute Gasteiger partial charge is 0.0483 e. The molecule has 0 aliphatic heterocycles. The third-order valence-electron chi connectivity index (χ3n) is 3.90. The van der Waals surface area contributed by atoms with Crippen molar-refractivity contribution in [1.29, 1.82) is 0 Å². The van der Waals surface area contributed by atoms with Gasteiger partial charge in [-0.1, -0.05) is 12.6 Å². The van der Waals surface area contributed by atoms with Crippen molar-refractivity contribution in [2.24, 2.45) is 12.8 Å². The van der Waals surface area contributed by atoms with Crippen molar-refractivity contribution in [1.82, 2.24) is 4.57 Å². The highest BCUT2D eigenvalue weighted by Gasteiger charge is 2.18. The Balaban J connectivity index is 2.32. The highest BCUT2D eigenvalue weighted by Crippen LogP contribution is 2.32. The molecule has 2 N–H and O–H groups in total. The highest BCUT2D eigenvalue weighted by atomic mass is 14.9. The number of aromatic nitrogens is 1. The Morgan fingerprint density at radius 3 is 2.82 bits per heavy atom. The predicted molar refractivity (Wildman–Crippen MR) is 72.8 cm³/mol. The summed E-state index contributed by atoms with van der Waals surface area (Å²) in [6, 6.07) is 6.43. The molecule has 1 heterocycles. The van der Waals surface area contributed by atoms with Crippen molar-refractivity contribution in [3.8, 4) is 0 Å². The van der Waals surface area contributed by atoms with E-state index in [4.69, 9.17) is 5.73 Å². The van der Waals surface area contributed by atoms with E-state index in [9.17, 15) is 0 Å². The summed E-state index contributed by atoms with van der Waals surface area (Å²) >= 11 is 0. The number of fused-ring (bicyclic) bond motifs is 3. The van der Waals surface area contributed by atoms with Gasteiger partial charge in [0, 0.05) is 29.3 Å². The van der Waals surface area contributed by atoms with E-state index >= 15 is 0 Å². The van der Waals surface area contributed by atoms with Gasteiger partial charge in [-0.05, 0) is 48.9 Å². The largest absolute Gasteiger partial charge is 0.399 e. The monoisotopic (exact) mass is 226 g/mol. The molecule has 1 aromatic heterocycles. The first-order valence-corrected chi connectivity index (χ1v) is 6.23. The molecule has 0 saturated heterocycles. The molecule has 1 aliphatic carbocycles. The van der Waals surface area contributed by atoms with Crippen molar-refractivity contribution in [3.63, 3.8) is 0 Å². The average molecular weight is 226 g/mol. The lowest BCUT2D eigenvalue weighted by Gasteiger charge is -2.12. The summed E-state index contributed by atoms with van der Waals surface area (Å²) in [7, 11) is 2.17. The molecule has 3 rings (SSSR count). The van der Waals surface area contributed by atoms with Crippen LogP contribution in [0.5, 0.6) is 0 Å². The number of hydrogen-bond acceptors (Lipinski definition) is 1. The van der Waals surface area contributed by atoms with Gasteiger partial charge in [-0.15, -0.1) is 0 Å². The van der Waals surface area contributed by atoms with Gasteiger partial charge in [-0.25, -0.2) is 0 Å². The van der Waals surface area contributed by atoms with Crippen molar-refractivity contribution in [2.45, 2.75) is 25.7 Å². The maximum absolute atomic E-state index is 5.79. The third-order valence-corrected chi connectivity index (χ3v) is 3.90. The van der Waals surface area contributed by atoms with Crippen molar-refractivity contribution in [3.05, 3.63) is 41.6 Å². The molecule has 0 atom stereocenters. The Labute approximate surface area is 102 Å². The molecule has 2 heteroatoms. The van der Waals surface area contributed by atoms with Crippen molar-refractivity contribution >= 4 is 16.6 Å². The van der Waals surface area contributed by atoms with Crippen LogP contribution in [-0.4, -0.2) is 4.57 Å². The van der Waals surface area contributed by atoms with E-state index in [1.807, 2.05) is 0 Å². The van der Waals surface area contributed by atoms with E-state index in [2.05, 4.69) is 36.4 Å². The van der Waals surface area contributed by atoms with E-state index in [-0.39, 0.29) is 0 Å². The molecule has 0 unspecified atom stereocenters. The number of benzene rings is 1. The number of nitrogens with two attached hydrogens (primary N) is 1. The van der Waals surface area contributed by atoms with Gasteiger partial charge in [-0.3, -0.25) is 0 Å². The molecule has 17 heavy (non-hydrogen) atoms. The van der Waals surface area contributed by atoms with Crippen LogP contribution in [0.15, 0.2) is 24.8 Å². The van der Waals surface area contributed by atoms with E-state index in [1.165, 1.54) is 47.8 Å². The summed E-state index contributed by atoms with van der Waals surface area (Å²) in [4.78, 5) is 0. The zero-order chi connectivity index (χ0) is 12.0. The first-order chi connectivity index (χ1) is 8.18. The van der Waals surface area contributed by atoms with Crippen LogP contribution in [0.3, 0.4) is 0 Å². The van der Waals surface area contributed by atoms with Crippen LogP contribution in [0.2, 0.25) is 0 Å². The molecule has 1 aliphatic rings. The van der Waals surface area contributed by atoms with Crippen LogP contribution < -0.4 is 5.73 Å². The van der Waals surface area contributed by atoms with Gasteiger partial charge >= 0.3 is 0 Å². The van der Waals surface area contributed by atoms with Gasteiger partial charge in [0.25, 0.3) is 0 Å². The summed E-state index contributed by atoms with van der Waals surface area (Å²) in [6.07, 6.45) is 5.03. The van der Waals surface area contributed by atoms with Gasteiger partial charge in [0.05, 0.1) is 0 Å². The minimum Gasteiger partial charge on any atom is -0.399 e. The predicted octanol–water partition coefficient (Wildman–Crippen LogP) is 2.99. The van der Waals surface area contributed by atoms with Gasteiger partial charge < -0.3 is 10.3 Å². The first kappa shape index (κ1) is 10.5. The molecule has 0 fully saturated rings. The standard InChI is InChI=1S/C15H18N2/c1-10(16)11-7-8-15-13(9-11)12-5-3-4-6-14(12)17(15)2/h7-9H,1,3-6,16H2,2H3. The van der Waals surface area contributed by atoms with Crippen LogP contribution in [0.1, 0.15) is 29.7 Å². The Hall–Kier alpha value is -1.70. The second kappa shape index (κ2) is 3.66. The summed E-state index contributed by atoms with van der Waals surface area (Å²) in [5.74, 6) is 0. The number of hydrogen-bond donors (Lipinski definition) is 1. The van der Waals surface area contributed by atoms with Crippen molar-refractivity contribution in [2.75, 3.05) is 0 Å². The molecule has 0 amide bonds. The van der Waals surface area contributed by atoms with Crippen LogP contribution >= 0.6 is 0 Å². The highest BCUT2D eigenvalue weighted by molar-refractivity contribution is 5.88. The van der Waals surface area contributed by atoms with Crippen LogP contribution in [0, 0.1) is 0 Å². The molecule has 88 valence electrons. The summed E-state index contributed by atoms with van der Waals surface area (Å²) < 4.78 is 2.34. The SMILES string of the molecule is C=C(N)c1ccc2c(c1)c1c(n2C)CCCC1. The number of nitrogens with zero attached hydrogens (tertiary/aromatic N) is 1. The molecular weight excluding hydrogens is 208 g/mol. The normalized spacial score (nSPS) is 14.9. The summed E-state index contributed by atoms with van der Waals surface area (Å²) in [6.45, 7) is 3.82. The number of aryl methyl sites for hydroxylation is 2. The Bertz CT molecular complexity index is 605. The van der Waals surface area contributed by atoms with Crippen molar-refractivity contribution < 1.29 is 0 Å². The Morgan fingerprint density at radius 2 is 2.06 bits per heavy atom. The van der Waals surface area contributed by atoms with Crippen LogP contribution in [0.25, 0.3) is 16.6 Å². The van der Waals surface area contributed by atoms with Gasteiger partial charge in [-0.2, -0.15) is 0 Å². The van der Waals surface area contributed by atoms with E-state index in [0.717, 1.165) is 5.56 Å². The minimum absolute atomic E-state index is 0.653. The van der Waals surface area contributed by atoms with E-state index < -0.39 is 0 Å². The number of rotatable bonds is 1. The maximum Gasteiger partial charge on any atom is 0.0483 e. The van der Waals surface area contributed by atoms with Gasteiger partial charge in [0.1, 0.15) is 0 Å². The van der Waals surface area contributed by atoms with Gasteiger partial charge in [0.2, 0.25) is 0 Å². The van der Waals surface area contributed by atoms with Crippen LogP contribution in [0.4, 0.5) is 0 Å². The third kappa shape index (κ3) is 1.47. The second-order valence-corrected chi connectivity index (χ2v) is 4.95. The fourth-order valence-electron chi connectivity index (χ4n) is 2.97. The average Bonchev–Trinajstić information content (AvgIpc) is 2.64. The maximum atomic E-state index is 5.79. The molecule has 2 nitrogen and oxygen atoms in total. The lowest BCUT2D eigenvalue weighted by atomic mass is 9.95. The zero-order valence-electron chi connectivity index (χ0n) is 10.3. The molecule has 0 saturated carbocycles. The molecule has 2 aromatic rings. The fourth-order valence-corrected chi connectivity index (χ4v) is 2.97. The Kier molecular flexibility index (Phi) is 2.25. The van der Waals surface area contributed by atoms with Crippen LogP contribution in [-0.2, 0) is 19.9 Å². The fraction of sp³-hybridized carbons (Fsp3) is 0.333. The minimum atomic E-state index is 0.653. The molecule has 0 radical (unpaired) electrons. The first-order valence-electron chi connectivity index (χ1n) is 6.23. The van der Waals surface area contributed by atoms with E-state index in [1.54, 1.807) is 0 Å². The molecule has 1 aromatic carbocycles. The molecular formula is C15H18N2. The molecule has 0 spiro atoms. The second-order valence-electron chi connectivity index (χ2n) is 4.95. The lowest BCUT2D eigenvalue weighted by molar-refractivity contribution is 0.653. The van der Waals surface area contributed by atoms with E-state index in [0.29, 0.717) is 5.70 Å². The summed E-state index contributed by atoms with van der Waals surface area (Å²) in [5, 5.41) is 1.37. The lowest BCUT2D eigenvalue weighted by Crippen LogP contribution is -2.04.